The van der Waals surface area contributed by atoms with Gasteiger partial charge in [-0.05, 0) is 40.5 Å². The topological polar surface area (TPSA) is 78.9 Å². The quantitative estimate of drug-likeness (QED) is 0.425. The van der Waals surface area contributed by atoms with E-state index in [2.05, 4.69) is 0 Å². The molecule has 0 aromatic heterocycles. The van der Waals surface area contributed by atoms with Crippen LogP contribution >= 0.6 is 0 Å². The Hall–Kier alpha value is -1.59. The van der Waals surface area contributed by atoms with Crippen molar-refractivity contribution in [1.29, 1.82) is 0 Å². The van der Waals surface area contributed by atoms with Crippen molar-refractivity contribution in [3.63, 3.8) is 0 Å². The number of hydrogen-bond donors (Lipinski definition) is 0. The van der Waals surface area contributed by atoms with Gasteiger partial charge in [0.05, 0.1) is 18.8 Å². The molecule has 1 aliphatic carbocycles. The molecule has 22 heavy (non-hydrogen) atoms. The van der Waals surface area contributed by atoms with Crippen molar-refractivity contribution >= 4 is 17.9 Å². The summed E-state index contributed by atoms with van der Waals surface area (Å²) >= 11 is 0. The standard InChI is InChI=1S/C16H26O6/c1-10(2)21-14(18)16(15(19)22-11(3)4)8-6-7-13(16)9-20-12(5)17/h10-11,13H,6-9H2,1-5H3. The molecule has 1 atom stereocenters. The van der Waals surface area contributed by atoms with Crippen LogP contribution in [0, 0.1) is 11.3 Å². The van der Waals surface area contributed by atoms with E-state index in [0.717, 1.165) is 0 Å². The van der Waals surface area contributed by atoms with Crippen molar-refractivity contribution in [2.45, 2.75) is 66.1 Å². The molecule has 1 saturated carbocycles. The summed E-state index contributed by atoms with van der Waals surface area (Å²) in [5.41, 5.74) is -1.37. The Morgan fingerprint density at radius 2 is 1.55 bits per heavy atom. The molecule has 126 valence electrons. The lowest BCUT2D eigenvalue weighted by Crippen LogP contribution is -2.47. The van der Waals surface area contributed by atoms with Gasteiger partial charge in [-0.1, -0.05) is 6.42 Å². The minimum absolute atomic E-state index is 0.0235. The second-order valence-electron chi connectivity index (χ2n) is 6.27. The zero-order valence-electron chi connectivity index (χ0n) is 14.0. The highest BCUT2D eigenvalue weighted by Crippen LogP contribution is 2.46. The maximum atomic E-state index is 12.6. The van der Waals surface area contributed by atoms with E-state index in [-0.39, 0.29) is 18.8 Å². The molecule has 1 unspecified atom stereocenters. The first kappa shape index (κ1) is 18.5. The number of hydrogen-bond acceptors (Lipinski definition) is 6. The van der Waals surface area contributed by atoms with Crippen molar-refractivity contribution in [1.82, 2.24) is 0 Å². The summed E-state index contributed by atoms with van der Waals surface area (Å²) in [5.74, 6) is -2.00. The summed E-state index contributed by atoms with van der Waals surface area (Å²) in [6.45, 7) is 8.25. The molecule has 0 saturated heterocycles. The van der Waals surface area contributed by atoms with Gasteiger partial charge in [0.1, 0.15) is 0 Å². The molecule has 0 N–H and O–H groups in total. The monoisotopic (exact) mass is 314 g/mol. The summed E-state index contributed by atoms with van der Waals surface area (Å²) < 4.78 is 15.6. The molecule has 0 bridgehead atoms. The second-order valence-corrected chi connectivity index (χ2v) is 6.27. The summed E-state index contributed by atoms with van der Waals surface area (Å²) in [7, 11) is 0. The van der Waals surface area contributed by atoms with Gasteiger partial charge in [-0.25, -0.2) is 0 Å². The van der Waals surface area contributed by atoms with E-state index in [1.807, 2.05) is 0 Å². The van der Waals surface area contributed by atoms with Gasteiger partial charge < -0.3 is 14.2 Å². The van der Waals surface area contributed by atoms with E-state index >= 15 is 0 Å². The summed E-state index contributed by atoms with van der Waals surface area (Å²) in [4.78, 5) is 36.2. The van der Waals surface area contributed by atoms with Crippen molar-refractivity contribution in [3.8, 4) is 0 Å². The van der Waals surface area contributed by atoms with Crippen LogP contribution in [0.4, 0.5) is 0 Å². The SMILES string of the molecule is CC(=O)OCC1CCCC1(C(=O)OC(C)C)C(=O)OC(C)C. The lowest BCUT2D eigenvalue weighted by molar-refractivity contribution is -0.182. The minimum atomic E-state index is -1.37. The van der Waals surface area contributed by atoms with Crippen LogP contribution < -0.4 is 0 Å². The molecule has 0 radical (unpaired) electrons. The number of ether oxygens (including phenoxy) is 3. The average Bonchev–Trinajstić information content (AvgIpc) is 2.79. The molecular weight excluding hydrogens is 288 g/mol. The Kier molecular flexibility index (Phi) is 6.38. The van der Waals surface area contributed by atoms with Crippen molar-refractivity contribution in [2.75, 3.05) is 6.61 Å². The molecule has 6 nitrogen and oxygen atoms in total. The first-order chi connectivity index (χ1) is 10.2. The van der Waals surface area contributed by atoms with E-state index in [1.54, 1.807) is 27.7 Å². The largest absolute Gasteiger partial charge is 0.466 e. The summed E-state index contributed by atoms with van der Waals surface area (Å²) in [6.07, 6.45) is 1.01. The lowest BCUT2D eigenvalue weighted by Gasteiger charge is -2.32. The molecule has 0 spiro atoms. The van der Waals surface area contributed by atoms with Crippen molar-refractivity contribution in [3.05, 3.63) is 0 Å². The van der Waals surface area contributed by atoms with Gasteiger partial charge in [-0.2, -0.15) is 0 Å². The Balaban J connectivity index is 3.05. The highest BCUT2D eigenvalue weighted by atomic mass is 16.6. The molecule has 1 fully saturated rings. The number of carbonyl (C=O) groups excluding carboxylic acids is 3. The number of carbonyl (C=O) groups is 3. The van der Waals surface area contributed by atoms with E-state index in [0.29, 0.717) is 19.3 Å². The van der Waals surface area contributed by atoms with E-state index in [1.165, 1.54) is 6.92 Å². The summed E-state index contributed by atoms with van der Waals surface area (Å²) in [5, 5.41) is 0. The predicted octanol–water partition coefficient (Wildman–Crippen LogP) is 2.24. The molecule has 1 aliphatic rings. The minimum Gasteiger partial charge on any atom is -0.466 e. The number of esters is 3. The highest BCUT2D eigenvalue weighted by Gasteiger charge is 2.58. The zero-order valence-corrected chi connectivity index (χ0v) is 14.0. The molecule has 1 rings (SSSR count). The third-order valence-corrected chi connectivity index (χ3v) is 3.72. The smallest absolute Gasteiger partial charge is 0.324 e. The highest BCUT2D eigenvalue weighted by molar-refractivity contribution is 6.01. The normalized spacial score (nSPS) is 20.0. The lowest BCUT2D eigenvalue weighted by atomic mass is 9.78. The Morgan fingerprint density at radius 1 is 1.05 bits per heavy atom. The molecule has 0 aromatic carbocycles. The van der Waals surface area contributed by atoms with Crippen molar-refractivity contribution in [2.24, 2.45) is 11.3 Å². The van der Waals surface area contributed by atoms with Crippen LogP contribution in [-0.4, -0.2) is 36.7 Å². The van der Waals surface area contributed by atoms with Crippen LogP contribution in [0.2, 0.25) is 0 Å². The van der Waals surface area contributed by atoms with Gasteiger partial charge in [0.25, 0.3) is 0 Å². The Morgan fingerprint density at radius 3 is 1.95 bits per heavy atom. The van der Waals surface area contributed by atoms with Gasteiger partial charge in [0.15, 0.2) is 5.41 Å². The van der Waals surface area contributed by atoms with Crippen LogP contribution in [0.15, 0.2) is 0 Å². The second kappa shape index (κ2) is 7.61. The molecule has 6 heteroatoms. The fourth-order valence-corrected chi connectivity index (χ4v) is 2.78. The fourth-order valence-electron chi connectivity index (χ4n) is 2.78. The molecule has 0 aliphatic heterocycles. The molecule has 0 amide bonds. The molecule has 0 aromatic rings. The van der Waals surface area contributed by atoms with Crippen LogP contribution in [0.25, 0.3) is 0 Å². The average molecular weight is 314 g/mol. The first-order valence-corrected chi connectivity index (χ1v) is 7.75. The Bertz CT molecular complexity index is 404. The van der Waals surface area contributed by atoms with E-state index in [9.17, 15) is 14.4 Å². The summed E-state index contributed by atoms with van der Waals surface area (Å²) in [6, 6.07) is 0. The van der Waals surface area contributed by atoms with Crippen LogP contribution in [0.3, 0.4) is 0 Å². The third kappa shape index (κ3) is 4.21. The predicted molar refractivity (Wildman–Crippen MR) is 78.9 cm³/mol. The van der Waals surface area contributed by atoms with E-state index in [4.69, 9.17) is 14.2 Å². The third-order valence-electron chi connectivity index (χ3n) is 3.72. The maximum absolute atomic E-state index is 12.6. The van der Waals surface area contributed by atoms with Gasteiger partial charge in [0.2, 0.25) is 0 Å². The van der Waals surface area contributed by atoms with Crippen LogP contribution in [-0.2, 0) is 28.6 Å². The number of rotatable bonds is 6. The van der Waals surface area contributed by atoms with Crippen molar-refractivity contribution < 1.29 is 28.6 Å². The van der Waals surface area contributed by atoms with E-state index < -0.39 is 29.2 Å². The van der Waals surface area contributed by atoms with Crippen LogP contribution in [0.1, 0.15) is 53.9 Å². The van der Waals surface area contributed by atoms with Gasteiger partial charge in [0, 0.05) is 12.8 Å². The Labute approximate surface area is 131 Å². The zero-order chi connectivity index (χ0) is 16.9. The van der Waals surface area contributed by atoms with Crippen LogP contribution in [0.5, 0.6) is 0 Å². The van der Waals surface area contributed by atoms with Gasteiger partial charge in [-0.3, -0.25) is 14.4 Å². The maximum Gasteiger partial charge on any atom is 0.324 e. The van der Waals surface area contributed by atoms with Gasteiger partial charge >= 0.3 is 17.9 Å². The molecule has 0 heterocycles. The van der Waals surface area contributed by atoms with Gasteiger partial charge in [-0.15, -0.1) is 0 Å². The fraction of sp³-hybridized carbons (Fsp3) is 0.812. The molecular formula is C16H26O6. The first-order valence-electron chi connectivity index (χ1n) is 7.75.